The summed E-state index contributed by atoms with van der Waals surface area (Å²) in [6.07, 6.45) is 3.26. The van der Waals surface area contributed by atoms with E-state index in [1.165, 1.54) is 10.6 Å². The van der Waals surface area contributed by atoms with Crippen molar-refractivity contribution in [3.8, 4) is 0 Å². The van der Waals surface area contributed by atoms with Gasteiger partial charge in [-0.25, -0.2) is 12.7 Å². The zero-order valence-corrected chi connectivity index (χ0v) is 9.20. The van der Waals surface area contributed by atoms with Crippen molar-refractivity contribution in [2.24, 2.45) is 11.1 Å². The lowest BCUT2D eigenvalue weighted by Gasteiger charge is -2.57. The van der Waals surface area contributed by atoms with Gasteiger partial charge in [-0.15, -0.1) is 12.4 Å². The maximum absolute atomic E-state index is 11.0. The Morgan fingerprint density at radius 2 is 1.85 bits per heavy atom. The summed E-state index contributed by atoms with van der Waals surface area (Å²) in [6.45, 7) is 1.39. The molecule has 0 aromatic rings. The largest absolute Gasteiger partial charge is 0.328 e. The quantitative estimate of drug-likeness (QED) is 0.673. The number of hydrogen-bond donors (Lipinski definition) is 1. The van der Waals surface area contributed by atoms with Crippen molar-refractivity contribution in [2.45, 2.75) is 18.9 Å². The maximum Gasteiger partial charge on any atom is 0.211 e. The second kappa shape index (κ2) is 3.08. The zero-order valence-electron chi connectivity index (χ0n) is 7.56. The van der Waals surface area contributed by atoms with Gasteiger partial charge in [-0.2, -0.15) is 0 Å². The van der Waals surface area contributed by atoms with Gasteiger partial charge in [-0.3, -0.25) is 0 Å². The molecular weight excluding hydrogens is 212 g/mol. The predicted molar refractivity (Wildman–Crippen MR) is 53.3 cm³/mol. The van der Waals surface area contributed by atoms with Gasteiger partial charge < -0.3 is 5.73 Å². The van der Waals surface area contributed by atoms with Crippen molar-refractivity contribution in [2.75, 3.05) is 19.3 Å². The Morgan fingerprint density at radius 3 is 2.15 bits per heavy atom. The normalized spacial score (nSPS) is 27.5. The van der Waals surface area contributed by atoms with Crippen LogP contribution in [0.15, 0.2) is 0 Å². The van der Waals surface area contributed by atoms with E-state index in [9.17, 15) is 8.42 Å². The average molecular weight is 227 g/mol. The molecule has 0 bridgehead atoms. The Balaban J connectivity index is 0.000000845. The molecule has 1 spiro atoms. The molecule has 4 nitrogen and oxygen atoms in total. The second-order valence-corrected chi connectivity index (χ2v) is 6.18. The number of halogens is 1. The highest BCUT2D eigenvalue weighted by Crippen LogP contribution is 2.48. The fraction of sp³-hybridized carbons (Fsp3) is 1.00. The maximum atomic E-state index is 11.0. The Labute approximate surface area is 84.9 Å². The molecule has 1 saturated carbocycles. The summed E-state index contributed by atoms with van der Waals surface area (Å²) in [5, 5.41) is 0. The highest BCUT2D eigenvalue weighted by molar-refractivity contribution is 7.88. The topological polar surface area (TPSA) is 63.4 Å². The van der Waals surface area contributed by atoms with Crippen molar-refractivity contribution in [3.63, 3.8) is 0 Å². The van der Waals surface area contributed by atoms with Crippen LogP contribution in [0.4, 0.5) is 0 Å². The van der Waals surface area contributed by atoms with Gasteiger partial charge in [0.05, 0.1) is 6.26 Å². The minimum absolute atomic E-state index is 0. The lowest BCUT2D eigenvalue weighted by atomic mass is 9.62. The van der Waals surface area contributed by atoms with Gasteiger partial charge in [0.25, 0.3) is 0 Å². The van der Waals surface area contributed by atoms with Crippen LogP contribution in [0.2, 0.25) is 0 Å². The Kier molecular flexibility index (Phi) is 2.67. The van der Waals surface area contributed by atoms with Crippen LogP contribution in [0.5, 0.6) is 0 Å². The van der Waals surface area contributed by atoms with Crippen molar-refractivity contribution in [3.05, 3.63) is 0 Å². The minimum Gasteiger partial charge on any atom is -0.328 e. The lowest BCUT2D eigenvalue weighted by molar-refractivity contribution is -0.0225. The molecule has 0 unspecified atom stereocenters. The molecule has 0 atom stereocenters. The monoisotopic (exact) mass is 226 g/mol. The molecule has 1 heterocycles. The molecule has 2 fully saturated rings. The third-order valence-electron chi connectivity index (χ3n) is 2.88. The molecular formula is C7H15ClN2O2S. The standard InChI is InChI=1S/C7H14N2O2S.ClH/c1-12(10,11)9-4-7(5-9)2-6(8)3-7;/h6H,2-5,8H2,1H3;1H. The summed E-state index contributed by atoms with van der Waals surface area (Å²) in [5.41, 5.74) is 5.92. The number of nitrogens with two attached hydrogens (primary N) is 1. The number of rotatable bonds is 1. The van der Waals surface area contributed by atoms with E-state index in [4.69, 9.17) is 5.73 Å². The van der Waals surface area contributed by atoms with Crippen molar-refractivity contribution in [1.82, 2.24) is 4.31 Å². The van der Waals surface area contributed by atoms with Gasteiger partial charge in [0.2, 0.25) is 10.0 Å². The van der Waals surface area contributed by atoms with Crippen LogP contribution in [0, 0.1) is 5.41 Å². The van der Waals surface area contributed by atoms with Crippen molar-refractivity contribution in [1.29, 1.82) is 0 Å². The van der Waals surface area contributed by atoms with Crippen LogP contribution in [0.1, 0.15) is 12.8 Å². The predicted octanol–water partition coefficient (Wildman–Crippen LogP) is -0.209. The molecule has 6 heteroatoms. The molecule has 1 saturated heterocycles. The number of sulfonamides is 1. The summed E-state index contributed by atoms with van der Waals surface area (Å²) < 4.78 is 23.6. The fourth-order valence-corrected chi connectivity index (χ4v) is 3.26. The average Bonchev–Trinajstić information content (AvgIpc) is 1.71. The molecule has 0 radical (unpaired) electrons. The Hall–Kier alpha value is 0.160. The van der Waals surface area contributed by atoms with E-state index in [1.807, 2.05) is 0 Å². The zero-order chi connectivity index (χ0) is 8.98. The van der Waals surface area contributed by atoms with E-state index in [1.54, 1.807) is 0 Å². The van der Waals surface area contributed by atoms with Crippen LogP contribution in [-0.4, -0.2) is 38.1 Å². The number of nitrogens with zero attached hydrogens (tertiary/aromatic N) is 1. The summed E-state index contributed by atoms with van der Waals surface area (Å²) in [4.78, 5) is 0. The molecule has 78 valence electrons. The van der Waals surface area contributed by atoms with Gasteiger partial charge in [-0.1, -0.05) is 0 Å². The van der Waals surface area contributed by atoms with E-state index in [-0.39, 0.29) is 17.8 Å². The Morgan fingerprint density at radius 1 is 1.38 bits per heavy atom. The molecule has 2 rings (SSSR count). The minimum atomic E-state index is -2.94. The van der Waals surface area contributed by atoms with Gasteiger partial charge >= 0.3 is 0 Å². The molecule has 2 N–H and O–H groups in total. The SMILES string of the molecule is CS(=O)(=O)N1CC2(CC(N)C2)C1.Cl. The van der Waals surface area contributed by atoms with Crippen LogP contribution < -0.4 is 5.73 Å². The van der Waals surface area contributed by atoms with E-state index in [0.29, 0.717) is 19.1 Å². The summed E-state index contributed by atoms with van der Waals surface area (Å²) in [5.74, 6) is 0. The molecule has 1 aliphatic carbocycles. The molecule has 0 amide bonds. The van der Waals surface area contributed by atoms with Crippen molar-refractivity contribution < 1.29 is 8.42 Å². The van der Waals surface area contributed by atoms with E-state index < -0.39 is 10.0 Å². The van der Waals surface area contributed by atoms with E-state index in [2.05, 4.69) is 0 Å². The van der Waals surface area contributed by atoms with Gasteiger partial charge in [0, 0.05) is 24.5 Å². The van der Waals surface area contributed by atoms with Crippen LogP contribution in [-0.2, 0) is 10.0 Å². The first-order valence-electron chi connectivity index (χ1n) is 4.12. The summed E-state index contributed by atoms with van der Waals surface area (Å²) >= 11 is 0. The van der Waals surface area contributed by atoms with Crippen LogP contribution in [0.3, 0.4) is 0 Å². The van der Waals surface area contributed by atoms with Gasteiger partial charge in [0.1, 0.15) is 0 Å². The van der Waals surface area contributed by atoms with Gasteiger partial charge in [0.15, 0.2) is 0 Å². The second-order valence-electron chi connectivity index (χ2n) is 4.20. The van der Waals surface area contributed by atoms with E-state index >= 15 is 0 Å². The van der Waals surface area contributed by atoms with Crippen molar-refractivity contribution >= 4 is 22.4 Å². The summed E-state index contributed by atoms with van der Waals surface area (Å²) in [6, 6.07) is 0.312. The van der Waals surface area contributed by atoms with Crippen LogP contribution >= 0.6 is 12.4 Å². The Bertz CT molecular complexity index is 290. The third kappa shape index (κ3) is 1.83. The van der Waals surface area contributed by atoms with Crippen LogP contribution in [0.25, 0.3) is 0 Å². The molecule has 0 aromatic heterocycles. The third-order valence-corrected chi connectivity index (χ3v) is 4.08. The fourth-order valence-electron chi connectivity index (χ4n) is 2.25. The summed E-state index contributed by atoms with van der Waals surface area (Å²) in [7, 11) is -2.94. The first-order chi connectivity index (χ1) is 5.41. The first kappa shape index (κ1) is 11.2. The molecule has 2 aliphatic rings. The highest BCUT2D eigenvalue weighted by atomic mass is 35.5. The van der Waals surface area contributed by atoms with Gasteiger partial charge in [-0.05, 0) is 12.8 Å². The van der Waals surface area contributed by atoms with E-state index in [0.717, 1.165) is 12.8 Å². The molecule has 13 heavy (non-hydrogen) atoms. The first-order valence-corrected chi connectivity index (χ1v) is 5.97. The molecule has 0 aromatic carbocycles. The lowest BCUT2D eigenvalue weighted by Crippen LogP contribution is -2.66. The highest BCUT2D eigenvalue weighted by Gasteiger charge is 2.53. The molecule has 1 aliphatic heterocycles. The number of hydrogen-bond acceptors (Lipinski definition) is 3. The smallest absolute Gasteiger partial charge is 0.211 e.